The lowest BCUT2D eigenvalue weighted by atomic mass is 9.83. The first-order valence-electron chi connectivity index (χ1n) is 5.68. The van der Waals surface area contributed by atoms with Crippen LogP contribution in [0.15, 0.2) is 30.3 Å². The van der Waals surface area contributed by atoms with E-state index in [2.05, 4.69) is 19.1 Å². The van der Waals surface area contributed by atoms with E-state index >= 15 is 0 Å². The van der Waals surface area contributed by atoms with Crippen LogP contribution in [0.1, 0.15) is 31.7 Å². The van der Waals surface area contributed by atoms with Gasteiger partial charge in [-0.25, -0.2) is 0 Å². The van der Waals surface area contributed by atoms with Crippen molar-refractivity contribution in [3.8, 4) is 0 Å². The summed E-state index contributed by atoms with van der Waals surface area (Å²) >= 11 is 0. The lowest BCUT2D eigenvalue weighted by Gasteiger charge is -2.46. The molecule has 1 aromatic carbocycles. The Bertz CT molecular complexity index is 307. The van der Waals surface area contributed by atoms with Crippen molar-refractivity contribution in [2.24, 2.45) is 0 Å². The summed E-state index contributed by atoms with van der Waals surface area (Å²) in [5.74, 6) is -0.462. The van der Waals surface area contributed by atoms with Crippen LogP contribution >= 0.6 is 0 Å². The van der Waals surface area contributed by atoms with Crippen LogP contribution in [-0.4, -0.2) is 7.12 Å². The van der Waals surface area contributed by atoms with E-state index in [1.165, 1.54) is 0 Å². The maximum Gasteiger partial charge on any atom is 0.458 e. The predicted molar refractivity (Wildman–Crippen MR) is 61.4 cm³/mol. The number of hydrogen-bond acceptors (Lipinski definition) is 2. The van der Waals surface area contributed by atoms with E-state index in [1.807, 2.05) is 25.0 Å². The highest BCUT2D eigenvalue weighted by atomic mass is 16.8. The van der Waals surface area contributed by atoms with Crippen LogP contribution in [0.2, 0.25) is 6.82 Å². The molecule has 0 bridgehead atoms. The molecule has 0 radical (unpaired) electrons. The van der Waals surface area contributed by atoms with Crippen LogP contribution in [0.4, 0.5) is 0 Å². The Kier molecular flexibility index (Phi) is 3.12. The Morgan fingerprint density at radius 2 is 1.87 bits per heavy atom. The van der Waals surface area contributed by atoms with Gasteiger partial charge in [0.1, 0.15) is 0 Å². The van der Waals surface area contributed by atoms with Gasteiger partial charge in [0, 0.05) is 12.0 Å². The Hall–Kier alpha value is -0.795. The molecule has 0 aromatic heterocycles. The maximum absolute atomic E-state index is 5.79. The van der Waals surface area contributed by atoms with Gasteiger partial charge in [-0.2, -0.15) is 0 Å². The quantitative estimate of drug-likeness (QED) is 0.701. The van der Waals surface area contributed by atoms with Crippen molar-refractivity contribution in [1.82, 2.24) is 0 Å². The summed E-state index contributed by atoms with van der Waals surface area (Å²) in [5, 5.41) is 0. The Morgan fingerprint density at radius 1 is 1.20 bits per heavy atom. The first-order valence-corrected chi connectivity index (χ1v) is 5.68. The fourth-order valence-corrected chi connectivity index (χ4v) is 2.04. The molecule has 1 aliphatic rings. The summed E-state index contributed by atoms with van der Waals surface area (Å²) in [5.41, 5.74) is 1.14. The van der Waals surface area contributed by atoms with Crippen molar-refractivity contribution in [3.63, 3.8) is 0 Å². The topological polar surface area (TPSA) is 18.5 Å². The minimum Gasteiger partial charge on any atom is -0.380 e. The molecule has 1 heterocycles. The normalized spacial score (nSPS) is 18.7. The van der Waals surface area contributed by atoms with Crippen LogP contribution in [0.3, 0.4) is 0 Å². The third-order valence-electron chi connectivity index (χ3n) is 2.79. The first-order chi connectivity index (χ1) is 7.27. The molecule has 1 fully saturated rings. The third kappa shape index (κ3) is 2.08. The summed E-state index contributed by atoms with van der Waals surface area (Å²) in [6, 6.07) is 10.2. The van der Waals surface area contributed by atoms with E-state index in [4.69, 9.17) is 9.31 Å². The fraction of sp³-hybridized carbons (Fsp3) is 0.500. The molecule has 1 aromatic rings. The molecule has 0 aliphatic carbocycles. The van der Waals surface area contributed by atoms with Gasteiger partial charge in [0.25, 0.3) is 0 Å². The Balaban J connectivity index is 2.13. The number of rotatable bonds is 4. The summed E-state index contributed by atoms with van der Waals surface area (Å²) in [4.78, 5) is 0. The average molecular weight is 204 g/mol. The molecule has 2 rings (SSSR count). The number of hydrogen-bond donors (Lipinski definition) is 0. The van der Waals surface area contributed by atoms with Gasteiger partial charge in [0.2, 0.25) is 0 Å². The molecule has 1 aliphatic heterocycles. The molecule has 0 N–H and O–H groups in total. The largest absolute Gasteiger partial charge is 0.458 e. The number of unbranched alkanes of at least 4 members (excludes halogenated alkanes) is 1. The van der Waals surface area contributed by atoms with Crippen molar-refractivity contribution < 1.29 is 9.31 Å². The van der Waals surface area contributed by atoms with Gasteiger partial charge in [-0.15, -0.1) is 0 Å². The minimum absolute atomic E-state index is 0.0675. The molecular formula is C12H17BO2. The van der Waals surface area contributed by atoms with Crippen molar-refractivity contribution in [2.75, 3.05) is 0 Å². The summed E-state index contributed by atoms with van der Waals surface area (Å²) in [6.45, 7) is 4.12. The van der Waals surface area contributed by atoms with Gasteiger partial charge < -0.3 is 9.31 Å². The monoisotopic (exact) mass is 204 g/mol. The SMILES string of the molecule is CCCCC1(c2ccccc2)OB(C)O1. The summed E-state index contributed by atoms with van der Waals surface area (Å²) in [6.07, 6.45) is 3.23. The van der Waals surface area contributed by atoms with Crippen molar-refractivity contribution in [3.05, 3.63) is 35.9 Å². The van der Waals surface area contributed by atoms with Crippen molar-refractivity contribution in [1.29, 1.82) is 0 Å². The maximum atomic E-state index is 5.79. The van der Waals surface area contributed by atoms with Crippen LogP contribution < -0.4 is 0 Å². The predicted octanol–water partition coefficient (Wildman–Crippen LogP) is 3.19. The lowest BCUT2D eigenvalue weighted by molar-refractivity contribution is -0.231. The molecule has 3 heteroatoms. The summed E-state index contributed by atoms with van der Waals surface area (Å²) in [7, 11) is -0.0675. The van der Waals surface area contributed by atoms with Crippen LogP contribution in [0, 0.1) is 0 Å². The van der Waals surface area contributed by atoms with Gasteiger partial charge in [-0.3, -0.25) is 0 Å². The Morgan fingerprint density at radius 3 is 2.40 bits per heavy atom. The molecule has 0 unspecified atom stereocenters. The zero-order valence-corrected chi connectivity index (χ0v) is 9.40. The highest BCUT2D eigenvalue weighted by Crippen LogP contribution is 2.41. The van der Waals surface area contributed by atoms with Gasteiger partial charge in [0.15, 0.2) is 5.79 Å². The molecule has 0 atom stereocenters. The lowest BCUT2D eigenvalue weighted by Crippen LogP contribution is -2.52. The second-order valence-corrected chi connectivity index (χ2v) is 4.03. The molecule has 80 valence electrons. The highest BCUT2D eigenvalue weighted by Gasteiger charge is 2.47. The van der Waals surface area contributed by atoms with Crippen LogP contribution in [0.5, 0.6) is 0 Å². The van der Waals surface area contributed by atoms with E-state index in [0.29, 0.717) is 0 Å². The molecule has 0 amide bonds. The zero-order chi connectivity index (χ0) is 10.7. The Labute approximate surface area is 91.7 Å². The van der Waals surface area contributed by atoms with Crippen molar-refractivity contribution in [2.45, 2.75) is 38.8 Å². The molecule has 2 nitrogen and oxygen atoms in total. The van der Waals surface area contributed by atoms with E-state index in [0.717, 1.165) is 24.8 Å². The van der Waals surface area contributed by atoms with E-state index in [9.17, 15) is 0 Å². The summed E-state index contributed by atoms with van der Waals surface area (Å²) < 4.78 is 11.6. The molecule has 15 heavy (non-hydrogen) atoms. The molecule has 1 saturated heterocycles. The zero-order valence-electron chi connectivity index (χ0n) is 9.40. The average Bonchev–Trinajstić information content (AvgIpc) is 2.24. The second kappa shape index (κ2) is 4.37. The second-order valence-electron chi connectivity index (χ2n) is 4.03. The minimum atomic E-state index is -0.462. The van der Waals surface area contributed by atoms with Crippen LogP contribution in [0.25, 0.3) is 0 Å². The van der Waals surface area contributed by atoms with Crippen molar-refractivity contribution >= 4 is 7.12 Å². The van der Waals surface area contributed by atoms with Gasteiger partial charge in [-0.05, 0) is 13.2 Å². The standard InChI is InChI=1S/C12H17BO2/c1-3-4-10-12(14-13(2)15-12)11-8-6-5-7-9-11/h5-9H,3-4,10H2,1-2H3. The van der Waals surface area contributed by atoms with Gasteiger partial charge in [0.05, 0.1) is 0 Å². The van der Waals surface area contributed by atoms with E-state index in [-0.39, 0.29) is 7.12 Å². The van der Waals surface area contributed by atoms with Gasteiger partial charge in [-0.1, -0.05) is 43.7 Å². The first kappa shape index (κ1) is 10.7. The molecular weight excluding hydrogens is 187 g/mol. The highest BCUT2D eigenvalue weighted by molar-refractivity contribution is 6.44. The van der Waals surface area contributed by atoms with Gasteiger partial charge >= 0.3 is 7.12 Å². The smallest absolute Gasteiger partial charge is 0.380 e. The third-order valence-corrected chi connectivity index (χ3v) is 2.79. The van der Waals surface area contributed by atoms with E-state index in [1.54, 1.807) is 0 Å². The molecule has 0 saturated carbocycles. The van der Waals surface area contributed by atoms with E-state index < -0.39 is 5.79 Å². The molecule has 0 spiro atoms. The fourth-order valence-electron chi connectivity index (χ4n) is 2.04. The number of benzene rings is 1. The van der Waals surface area contributed by atoms with Crippen LogP contribution in [-0.2, 0) is 15.1 Å².